The van der Waals surface area contributed by atoms with Crippen molar-refractivity contribution in [3.8, 4) is 22.0 Å². The molecule has 0 aliphatic heterocycles. The highest BCUT2D eigenvalue weighted by molar-refractivity contribution is 7.98. The maximum atomic E-state index is 4.78. The normalized spacial score (nSPS) is 10.9. The van der Waals surface area contributed by atoms with Gasteiger partial charge >= 0.3 is 0 Å². The van der Waals surface area contributed by atoms with Gasteiger partial charge in [-0.05, 0) is 19.1 Å². The summed E-state index contributed by atoms with van der Waals surface area (Å²) in [5, 5.41) is 12.8. The molecule has 0 N–H and O–H groups in total. The van der Waals surface area contributed by atoms with Crippen molar-refractivity contribution < 1.29 is 0 Å². The number of thiazole rings is 1. The van der Waals surface area contributed by atoms with Gasteiger partial charge in [0, 0.05) is 41.2 Å². The summed E-state index contributed by atoms with van der Waals surface area (Å²) in [4.78, 5) is 8.85. The third-order valence-corrected chi connectivity index (χ3v) is 6.11. The molecule has 4 aromatic rings. The van der Waals surface area contributed by atoms with Crippen LogP contribution in [0.4, 0.5) is 0 Å². The molecule has 4 rings (SSSR count). The van der Waals surface area contributed by atoms with E-state index in [9.17, 15) is 0 Å². The first kappa shape index (κ1) is 18.6. The minimum atomic E-state index is 0.651. The van der Waals surface area contributed by atoms with Crippen molar-refractivity contribution in [2.75, 3.05) is 0 Å². The number of aromatic nitrogens is 5. The van der Waals surface area contributed by atoms with E-state index in [1.807, 2.05) is 18.2 Å². The second-order valence-electron chi connectivity index (χ2n) is 6.24. The zero-order chi connectivity index (χ0) is 19.3. The van der Waals surface area contributed by atoms with Crippen molar-refractivity contribution in [1.29, 1.82) is 0 Å². The van der Waals surface area contributed by atoms with E-state index in [1.54, 1.807) is 35.5 Å². The van der Waals surface area contributed by atoms with E-state index in [0.717, 1.165) is 38.6 Å². The summed E-state index contributed by atoms with van der Waals surface area (Å²) in [7, 11) is 0. The van der Waals surface area contributed by atoms with E-state index in [-0.39, 0.29) is 0 Å². The first-order valence-electron chi connectivity index (χ1n) is 8.83. The predicted molar refractivity (Wildman–Crippen MR) is 115 cm³/mol. The molecule has 28 heavy (non-hydrogen) atoms. The number of hydrogen-bond acceptors (Lipinski definition) is 6. The van der Waals surface area contributed by atoms with Crippen molar-refractivity contribution in [3.63, 3.8) is 0 Å². The van der Waals surface area contributed by atoms with Crippen LogP contribution in [0.25, 0.3) is 22.0 Å². The molecule has 140 valence electrons. The number of rotatable bonds is 7. The Morgan fingerprint density at radius 2 is 1.86 bits per heavy atom. The number of hydrogen-bond donors (Lipinski definition) is 0. The molecule has 0 radical (unpaired) electrons. The van der Waals surface area contributed by atoms with Gasteiger partial charge in [0.2, 0.25) is 0 Å². The van der Waals surface area contributed by atoms with Crippen LogP contribution in [0.3, 0.4) is 0 Å². The van der Waals surface area contributed by atoms with Crippen LogP contribution >= 0.6 is 23.1 Å². The molecule has 0 spiro atoms. The Morgan fingerprint density at radius 1 is 1.07 bits per heavy atom. The lowest BCUT2D eigenvalue weighted by Gasteiger charge is -2.07. The summed E-state index contributed by atoms with van der Waals surface area (Å²) in [5.74, 6) is 1.57. The Hall–Kier alpha value is -2.77. The molecule has 5 nitrogen and oxygen atoms in total. The topological polar surface area (TPSA) is 56.5 Å². The van der Waals surface area contributed by atoms with E-state index in [4.69, 9.17) is 4.98 Å². The fraction of sp³-hybridized carbons (Fsp3) is 0.143. The fourth-order valence-corrected chi connectivity index (χ4v) is 4.52. The Morgan fingerprint density at radius 3 is 2.61 bits per heavy atom. The fourth-order valence-electron chi connectivity index (χ4n) is 2.74. The third kappa shape index (κ3) is 4.05. The number of thioether (sulfide) groups is 1. The van der Waals surface area contributed by atoms with Crippen molar-refractivity contribution in [2.45, 2.75) is 24.4 Å². The molecule has 0 saturated carbocycles. The molecule has 0 aliphatic rings. The minimum Gasteiger partial charge on any atom is -0.298 e. The van der Waals surface area contributed by atoms with Gasteiger partial charge in [0.25, 0.3) is 0 Å². The number of aryl methyl sites for hydroxylation is 1. The van der Waals surface area contributed by atoms with Crippen LogP contribution in [0.5, 0.6) is 0 Å². The van der Waals surface area contributed by atoms with Gasteiger partial charge in [0.05, 0.1) is 5.69 Å². The van der Waals surface area contributed by atoms with Gasteiger partial charge in [-0.25, -0.2) is 4.98 Å². The van der Waals surface area contributed by atoms with Crippen molar-refractivity contribution in [1.82, 2.24) is 24.7 Å². The lowest BCUT2D eigenvalue weighted by atomic mass is 10.2. The third-order valence-electron chi connectivity index (χ3n) is 4.17. The number of benzene rings is 1. The predicted octanol–water partition coefficient (Wildman–Crippen LogP) is 5.25. The molecule has 3 aromatic heterocycles. The number of pyridine rings is 1. The molecule has 0 atom stereocenters. The van der Waals surface area contributed by atoms with E-state index in [2.05, 4.69) is 62.9 Å². The first-order chi connectivity index (χ1) is 13.7. The van der Waals surface area contributed by atoms with Crippen molar-refractivity contribution in [3.05, 3.63) is 78.1 Å². The van der Waals surface area contributed by atoms with Gasteiger partial charge in [-0.2, -0.15) is 0 Å². The lowest BCUT2D eigenvalue weighted by molar-refractivity contribution is 0.731. The van der Waals surface area contributed by atoms with E-state index in [1.165, 1.54) is 5.56 Å². The maximum Gasteiger partial charge on any atom is 0.192 e. The average molecular weight is 406 g/mol. The molecule has 0 fully saturated rings. The monoisotopic (exact) mass is 405 g/mol. The standard InChI is InChI=1S/C21H19N5S2/c1-3-12-26-19(16-8-10-22-11-9-16)24-25-21(26)28-14-18-13-27-20(23-18)17-6-4-15(2)5-7-17/h3-11,13H,1,12,14H2,2H3. The van der Waals surface area contributed by atoms with Crippen LogP contribution in [0, 0.1) is 6.92 Å². The average Bonchev–Trinajstić information content (AvgIpc) is 3.35. The van der Waals surface area contributed by atoms with Crippen LogP contribution in [0.15, 0.2) is 72.0 Å². The Labute approximate surface area is 172 Å². The molecule has 7 heteroatoms. The van der Waals surface area contributed by atoms with Crippen LogP contribution in [0.2, 0.25) is 0 Å². The maximum absolute atomic E-state index is 4.78. The van der Waals surface area contributed by atoms with Gasteiger partial charge in [-0.15, -0.1) is 28.1 Å². The summed E-state index contributed by atoms with van der Waals surface area (Å²) in [6, 6.07) is 12.3. The molecule has 0 aliphatic carbocycles. The molecule has 3 heterocycles. The molecule has 1 aromatic carbocycles. The number of nitrogens with zero attached hydrogens (tertiary/aromatic N) is 5. The zero-order valence-corrected chi connectivity index (χ0v) is 17.1. The second-order valence-corrected chi connectivity index (χ2v) is 8.04. The molecule has 0 unspecified atom stereocenters. The molecule has 0 bridgehead atoms. The van der Waals surface area contributed by atoms with Crippen molar-refractivity contribution >= 4 is 23.1 Å². The summed E-state index contributed by atoms with van der Waals surface area (Å²) >= 11 is 3.31. The largest absolute Gasteiger partial charge is 0.298 e. The molecule has 0 amide bonds. The van der Waals surface area contributed by atoms with E-state index < -0.39 is 0 Å². The van der Waals surface area contributed by atoms with Crippen LogP contribution in [-0.2, 0) is 12.3 Å². The van der Waals surface area contributed by atoms with Crippen molar-refractivity contribution in [2.24, 2.45) is 0 Å². The second kappa shape index (κ2) is 8.50. The summed E-state index contributed by atoms with van der Waals surface area (Å²) in [5.41, 5.74) is 4.44. The van der Waals surface area contributed by atoms with Gasteiger partial charge < -0.3 is 0 Å². The summed E-state index contributed by atoms with van der Waals surface area (Å²) in [6.07, 6.45) is 5.38. The summed E-state index contributed by atoms with van der Waals surface area (Å²) < 4.78 is 2.07. The minimum absolute atomic E-state index is 0.651. The molecule has 0 saturated heterocycles. The summed E-state index contributed by atoms with van der Waals surface area (Å²) in [6.45, 7) is 6.61. The molecular formula is C21H19N5S2. The molecular weight excluding hydrogens is 386 g/mol. The van der Waals surface area contributed by atoms with Gasteiger partial charge in [-0.3, -0.25) is 9.55 Å². The Bertz CT molecular complexity index is 1070. The quantitative estimate of drug-likeness (QED) is 0.310. The zero-order valence-electron chi connectivity index (χ0n) is 15.4. The van der Waals surface area contributed by atoms with Crippen LogP contribution in [-0.4, -0.2) is 24.7 Å². The van der Waals surface area contributed by atoms with E-state index in [0.29, 0.717) is 6.54 Å². The first-order valence-corrected chi connectivity index (χ1v) is 10.7. The van der Waals surface area contributed by atoms with Crippen LogP contribution in [0.1, 0.15) is 11.3 Å². The highest BCUT2D eigenvalue weighted by atomic mass is 32.2. The van der Waals surface area contributed by atoms with Crippen LogP contribution < -0.4 is 0 Å². The number of allylic oxidation sites excluding steroid dienone is 1. The van der Waals surface area contributed by atoms with Gasteiger partial charge in [-0.1, -0.05) is 47.7 Å². The highest BCUT2D eigenvalue weighted by Gasteiger charge is 2.14. The lowest BCUT2D eigenvalue weighted by Crippen LogP contribution is -2.00. The SMILES string of the molecule is C=CCn1c(SCc2csc(-c3ccc(C)cc3)n2)nnc1-c1ccncc1. The highest BCUT2D eigenvalue weighted by Crippen LogP contribution is 2.29. The smallest absolute Gasteiger partial charge is 0.192 e. The van der Waals surface area contributed by atoms with E-state index >= 15 is 0 Å². The van der Waals surface area contributed by atoms with Gasteiger partial charge in [0.15, 0.2) is 11.0 Å². The van der Waals surface area contributed by atoms with Gasteiger partial charge in [0.1, 0.15) is 5.01 Å². The Balaban J connectivity index is 1.52. The Kier molecular flexibility index (Phi) is 5.64.